The molecule has 3 amide bonds. The second-order valence-corrected chi connectivity index (χ2v) is 11.4. The van der Waals surface area contributed by atoms with E-state index in [9.17, 15) is 32.8 Å². The average molecular weight is 550 g/mol. The molecule has 1 aromatic rings. The second-order valence-electron chi connectivity index (χ2n) is 11.4. The molecule has 0 spiro atoms. The van der Waals surface area contributed by atoms with E-state index < -0.39 is 53.5 Å². The Labute approximate surface area is 225 Å². The van der Waals surface area contributed by atoms with Crippen LogP contribution in [0.15, 0.2) is 24.3 Å². The van der Waals surface area contributed by atoms with Crippen molar-refractivity contribution >= 4 is 17.9 Å². The summed E-state index contributed by atoms with van der Waals surface area (Å²) in [4.78, 5) is 44.2. The summed E-state index contributed by atoms with van der Waals surface area (Å²) in [6.45, 7) is 7.43. The van der Waals surface area contributed by atoms with Gasteiger partial charge in [0.25, 0.3) is 0 Å². The van der Waals surface area contributed by atoms with Gasteiger partial charge in [-0.1, -0.05) is 18.2 Å². The topological polar surface area (TPSA) is 106 Å². The van der Waals surface area contributed by atoms with Crippen molar-refractivity contribution in [1.82, 2.24) is 20.0 Å². The van der Waals surface area contributed by atoms with Crippen molar-refractivity contribution in [3.63, 3.8) is 0 Å². The Bertz CT molecular complexity index is 1160. The van der Waals surface area contributed by atoms with Gasteiger partial charge in [-0.2, -0.15) is 18.4 Å². The van der Waals surface area contributed by atoms with E-state index in [2.05, 4.69) is 11.4 Å². The molecule has 0 radical (unpaired) electrons. The maximum absolute atomic E-state index is 13.6. The highest BCUT2D eigenvalue weighted by atomic mass is 19.4. The van der Waals surface area contributed by atoms with Crippen molar-refractivity contribution < 1.29 is 32.3 Å². The van der Waals surface area contributed by atoms with Gasteiger partial charge in [-0.15, -0.1) is 0 Å². The van der Waals surface area contributed by atoms with Gasteiger partial charge in [0.15, 0.2) is 0 Å². The Hall–Kier alpha value is -3.33. The lowest BCUT2D eigenvalue weighted by molar-refractivity contribution is -0.144. The van der Waals surface area contributed by atoms with E-state index in [1.807, 2.05) is 0 Å². The molecule has 9 nitrogen and oxygen atoms in total. The first-order valence-corrected chi connectivity index (χ1v) is 13.1. The molecule has 4 rings (SSSR count). The van der Waals surface area contributed by atoms with Crippen molar-refractivity contribution in [1.29, 1.82) is 5.26 Å². The number of hydrogen-bond acceptors (Lipinski definition) is 6. The minimum absolute atomic E-state index is 0.0149. The maximum atomic E-state index is 13.6. The first kappa shape index (κ1) is 28.7. The molecular weight excluding hydrogens is 515 g/mol. The molecule has 3 aliphatic heterocycles. The van der Waals surface area contributed by atoms with E-state index in [0.29, 0.717) is 32.4 Å². The third kappa shape index (κ3) is 5.98. The zero-order valence-electron chi connectivity index (χ0n) is 22.5. The number of halogens is 3. The van der Waals surface area contributed by atoms with Gasteiger partial charge in [0.1, 0.15) is 17.7 Å². The standard InChI is InChI=1S/C27H34F3N5O4/c1-16(19-9-5-6-10-20(19)27(28,29)30)35-18-12-22(24(35)37)33(14-18)15-21(32-25(38)39-26(2,3)4)23(36)34-11-7-8-17(34)13-31/h5-6,9-10,16-18,21-22H,7-8,11-12,14-15H2,1-4H3,(H,32,38)/t16-,17+,18?,21+,22+/m1/s1. The molecule has 12 heteroatoms. The SMILES string of the molecule is C[C@H](c1ccccc1C(F)(F)F)N1C(=O)[C@@H]2CC1CN2C[C@H](NC(=O)OC(C)(C)C)C(=O)N1CCC[C@H]1C#N. The largest absolute Gasteiger partial charge is 0.444 e. The number of alkyl carbamates (subject to hydrolysis) is 1. The van der Waals surface area contributed by atoms with E-state index >= 15 is 0 Å². The van der Waals surface area contributed by atoms with Crippen LogP contribution in [0.4, 0.5) is 18.0 Å². The molecule has 1 aromatic carbocycles. The van der Waals surface area contributed by atoms with Crippen molar-refractivity contribution in [2.75, 3.05) is 19.6 Å². The van der Waals surface area contributed by atoms with Crippen molar-refractivity contribution in [2.45, 2.75) is 88.9 Å². The van der Waals surface area contributed by atoms with E-state index in [1.165, 1.54) is 28.0 Å². The Morgan fingerprint density at radius 3 is 2.54 bits per heavy atom. The number of rotatable bonds is 6. The predicted octanol–water partition coefficient (Wildman–Crippen LogP) is 3.46. The lowest BCUT2D eigenvalue weighted by Gasteiger charge is -2.39. The number of ether oxygens (including phenoxy) is 1. The summed E-state index contributed by atoms with van der Waals surface area (Å²) in [5.41, 5.74) is -1.53. The van der Waals surface area contributed by atoms with Gasteiger partial charge in [-0.25, -0.2) is 4.79 Å². The fourth-order valence-corrected chi connectivity index (χ4v) is 5.90. The number of nitrogens with one attached hydrogen (secondary N) is 1. The van der Waals surface area contributed by atoms with Crippen LogP contribution in [0.2, 0.25) is 0 Å². The summed E-state index contributed by atoms with van der Waals surface area (Å²) in [5.74, 6) is -0.736. The molecule has 39 heavy (non-hydrogen) atoms. The van der Waals surface area contributed by atoms with Crippen LogP contribution in [0, 0.1) is 11.3 Å². The van der Waals surface area contributed by atoms with Crippen molar-refractivity contribution in [3.8, 4) is 6.07 Å². The van der Waals surface area contributed by atoms with Crippen LogP contribution in [0.3, 0.4) is 0 Å². The molecule has 5 atom stereocenters. The number of carbonyl (C=O) groups is 3. The van der Waals surface area contributed by atoms with E-state index in [1.54, 1.807) is 32.6 Å². The zero-order valence-corrected chi connectivity index (χ0v) is 22.5. The number of amides is 3. The molecule has 212 valence electrons. The second kappa shape index (κ2) is 10.7. The van der Waals surface area contributed by atoms with Crippen LogP contribution >= 0.6 is 0 Å². The van der Waals surface area contributed by atoms with Gasteiger partial charge in [0.05, 0.1) is 23.7 Å². The molecule has 3 saturated heterocycles. The Kier molecular flexibility index (Phi) is 7.85. The molecule has 1 N–H and O–H groups in total. The molecule has 0 aromatic heterocycles. The predicted molar refractivity (Wildman–Crippen MR) is 134 cm³/mol. The quantitative estimate of drug-likeness (QED) is 0.583. The fraction of sp³-hybridized carbons (Fsp3) is 0.630. The number of hydrogen-bond donors (Lipinski definition) is 1. The third-order valence-corrected chi connectivity index (χ3v) is 7.54. The highest BCUT2D eigenvalue weighted by Crippen LogP contribution is 2.41. The van der Waals surface area contributed by atoms with E-state index in [4.69, 9.17) is 4.74 Å². The lowest BCUT2D eigenvalue weighted by atomic mass is 9.99. The molecule has 3 heterocycles. The lowest BCUT2D eigenvalue weighted by Crippen LogP contribution is -2.59. The normalized spacial score (nSPS) is 25.0. The van der Waals surface area contributed by atoms with Crippen molar-refractivity contribution in [3.05, 3.63) is 35.4 Å². The van der Waals surface area contributed by atoms with Gasteiger partial charge in [-0.05, 0) is 58.6 Å². The Morgan fingerprint density at radius 1 is 1.23 bits per heavy atom. The fourth-order valence-electron chi connectivity index (χ4n) is 5.90. The van der Waals surface area contributed by atoms with Crippen LogP contribution in [0.1, 0.15) is 64.1 Å². The smallest absolute Gasteiger partial charge is 0.416 e. The molecule has 0 saturated carbocycles. The molecule has 3 aliphatic rings. The number of nitriles is 1. The number of carbonyl (C=O) groups excluding carboxylic acids is 3. The average Bonchev–Trinajstić information content (AvgIpc) is 3.55. The van der Waals surface area contributed by atoms with Gasteiger partial charge < -0.3 is 19.9 Å². The third-order valence-electron chi connectivity index (χ3n) is 7.54. The number of piperazine rings is 1. The highest BCUT2D eigenvalue weighted by Gasteiger charge is 2.53. The number of fused-ring (bicyclic) bond motifs is 2. The Balaban J connectivity index is 1.51. The summed E-state index contributed by atoms with van der Waals surface area (Å²) in [5, 5.41) is 12.1. The molecule has 2 bridgehead atoms. The number of nitrogens with zero attached hydrogens (tertiary/aromatic N) is 4. The van der Waals surface area contributed by atoms with Gasteiger partial charge in [0.2, 0.25) is 11.8 Å². The first-order chi connectivity index (χ1) is 18.2. The zero-order chi connectivity index (χ0) is 28.7. The van der Waals surface area contributed by atoms with Crippen molar-refractivity contribution in [2.24, 2.45) is 0 Å². The number of benzene rings is 1. The first-order valence-electron chi connectivity index (χ1n) is 13.1. The molecule has 3 fully saturated rings. The summed E-state index contributed by atoms with van der Waals surface area (Å²) in [7, 11) is 0. The monoisotopic (exact) mass is 549 g/mol. The minimum atomic E-state index is -4.55. The molecular formula is C27H34F3N5O4. The maximum Gasteiger partial charge on any atom is 0.416 e. The van der Waals surface area contributed by atoms with Gasteiger partial charge >= 0.3 is 12.3 Å². The summed E-state index contributed by atoms with van der Waals surface area (Å²) >= 11 is 0. The Morgan fingerprint density at radius 2 is 1.92 bits per heavy atom. The van der Waals surface area contributed by atoms with Gasteiger partial charge in [-0.3, -0.25) is 14.5 Å². The molecule has 1 unspecified atom stereocenters. The summed E-state index contributed by atoms with van der Waals surface area (Å²) in [6, 6.07) is 3.98. The number of alkyl halides is 3. The minimum Gasteiger partial charge on any atom is -0.444 e. The van der Waals surface area contributed by atoms with Gasteiger partial charge in [0, 0.05) is 25.7 Å². The van der Waals surface area contributed by atoms with Crippen LogP contribution in [-0.2, 0) is 20.5 Å². The van der Waals surface area contributed by atoms with Crippen LogP contribution in [0.5, 0.6) is 0 Å². The van der Waals surface area contributed by atoms with Crippen LogP contribution in [0.25, 0.3) is 0 Å². The summed E-state index contributed by atoms with van der Waals surface area (Å²) in [6.07, 6.45) is -3.71. The van der Waals surface area contributed by atoms with Crippen LogP contribution < -0.4 is 5.32 Å². The van der Waals surface area contributed by atoms with E-state index in [-0.39, 0.29) is 24.1 Å². The molecule has 0 aliphatic carbocycles. The van der Waals surface area contributed by atoms with E-state index in [0.717, 1.165) is 6.07 Å². The number of likely N-dealkylation sites (tertiary alicyclic amines) is 3. The highest BCUT2D eigenvalue weighted by molar-refractivity contribution is 5.88. The summed E-state index contributed by atoms with van der Waals surface area (Å²) < 4.78 is 46.3. The van der Waals surface area contributed by atoms with Crippen LogP contribution in [-0.4, -0.2) is 82.0 Å².